The number of nitro benzene ring substituents is 1. The van der Waals surface area contributed by atoms with Crippen LogP contribution < -0.4 is 4.74 Å². The fourth-order valence-corrected chi connectivity index (χ4v) is 3.91. The van der Waals surface area contributed by atoms with Gasteiger partial charge in [0.25, 0.3) is 5.69 Å². The molecule has 6 heteroatoms. The maximum atomic E-state index is 12.5. The first-order chi connectivity index (χ1) is 13.6. The van der Waals surface area contributed by atoms with Gasteiger partial charge < -0.3 is 4.74 Å². The Kier molecular flexibility index (Phi) is 4.95. The molecule has 4 rings (SSSR count). The molecule has 3 aromatic carbocycles. The van der Waals surface area contributed by atoms with Crippen LogP contribution in [0.15, 0.2) is 82.6 Å². The normalized spacial score (nSPS) is 14.1. The number of fused-ring (bicyclic) bond motifs is 1. The molecule has 0 saturated heterocycles. The van der Waals surface area contributed by atoms with Crippen LogP contribution in [0.2, 0.25) is 0 Å². The van der Waals surface area contributed by atoms with E-state index in [0.717, 1.165) is 21.6 Å². The summed E-state index contributed by atoms with van der Waals surface area (Å²) in [5.74, 6) is 0.707. The summed E-state index contributed by atoms with van der Waals surface area (Å²) in [6.07, 6.45) is 1.87. The second kappa shape index (κ2) is 7.70. The summed E-state index contributed by atoms with van der Waals surface area (Å²) in [7, 11) is 0. The van der Waals surface area contributed by atoms with Gasteiger partial charge in [0.15, 0.2) is 0 Å². The highest BCUT2D eigenvalue weighted by Crippen LogP contribution is 2.40. The summed E-state index contributed by atoms with van der Waals surface area (Å²) in [6, 6.07) is 21.3. The third kappa shape index (κ3) is 3.82. The van der Waals surface area contributed by atoms with Crippen LogP contribution in [0, 0.1) is 10.1 Å². The first-order valence-corrected chi connectivity index (χ1v) is 9.41. The molecule has 0 amide bonds. The van der Waals surface area contributed by atoms with Gasteiger partial charge in [-0.15, -0.1) is 0 Å². The number of nitro groups is 1. The van der Waals surface area contributed by atoms with Crippen LogP contribution in [0.1, 0.15) is 21.5 Å². The Morgan fingerprint density at radius 2 is 1.79 bits per heavy atom. The minimum atomic E-state index is -0.428. The highest BCUT2D eigenvalue weighted by atomic mass is 32.2. The molecule has 3 aromatic rings. The molecule has 0 atom stereocenters. The van der Waals surface area contributed by atoms with E-state index in [2.05, 4.69) is 0 Å². The summed E-state index contributed by atoms with van der Waals surface area (Å²) in [6.45, 7) is 0.303. The lowest BCUT2D eigenvalue weighted by atomic mass is 10.1. The maximum Gasteiger partial charge on any atom is 0.269 e. The van der Waals surface area contributed by atoms with Crippen LogP contribution in [0.5, 0.6) is 5.75 Å². The second-order valence-electron chi connectivity index (χ2n) is 6.22. The number of allylic oxidation sites excluding steroid dienone is 1. The van der Waals surface area contributed by atoms with Crippen molar-refractivity contribution in [1.82, 2.24) is 0 Å². The molecule has 0 saturated carbocycles. The summed E-state index contributed by atoms with van der Waals surface area (Å²) in [5.41, 5.74) is 2.51. The van der Waals surface area contributed by atoms with E-state index in [1.54, 1.807) is 12.1 Å². The largest absolute Gasteiger partial charge is 0.489 e. The maximum absolute atomic E-state index is 12.5. The zero-order valence-corrected chi connectivity index (χ0v) is 15.5. The summed E-state index contributed by atoms with van der Waals surface area (Å²) >= 11 is 1.47. The third-order valence-corrected chi connectivity index (χ3v) is 5.38. The molecule has 5 nitrogen and oxygen atoms in total. The number of hydrogen-bond acceptors (Lipinski definition) is 5. The molecule has 1 aliphatic heterocycles. The Morgan fingerprint density at radius 3 is 2.54 bits per heavy atom. The number of hydrogen-bond donors (Lipinski definition) is 0. The number of thioether (sulfide) groups is 1. The Labute approximate surface area is 165 Å². The standard InChI is InChI=1S/C22H15NO4S/c24-22-19-6-1-2-7-20(19)28-21(22)13-16-4-3-5-18(12-16)27-14-15-8-10-17(11-9-15)23(25)26/h1-13H,14H2/b21-13-. The molecule has 0 fully saturated rings. The molecular weight excluding hydrogens is 374 g/mol. The van der Waals surface area contributed by atoms with Gasteiger partial charge in [-0.2, -0.15) is 0 Å². The molecule has 0 unspecified atom stereocenters. The lowest BCUT2D eigenvalue weighted by molar-refractivity contribution is -0.384. The number of Topliss-reactive ketones (excluding diaryl/α,β-unsaturated/α-hetero) is 1. The van der Waals surface area contributed by atoms with Gasteiger partial charge >= 0.3 is 0 Å². The van der Waals surface area contributed by atoms with Crippen molar-refractivity contribution in [1.29, 1.82) is 0 Å². The second-order valence-corrected chi connectivity index (χ2v) is 7.30. The van der Waals surface area contributed by atoms with Crippen molar-refractivity contribution < 1.29 is 14.5 Å². The number of benzene rings is 3. The van der Waals surface area contributed by atoms with Crippen LogP contribution in [0.3, 0.4) is 0 Å². The van der Waals surface area contributed by atoms with Crippen molar-refractivity contribution in [3.63, 3.8) is 0 Å². The quantitative estimate of drug-likeness (QED) is 0.327. The van der Waals surface area contributed by atoms with Gasteiger partial charge in [0.1, 0.15) is 12.4 Å². The third-order valence-electron chi connectivity index (χ3n) is 4.28. The van der Waals surface area contributed by atoms with Gasteiger partial charge in [-0.3, -0.25) is 14.9 Å². The van der Waals surface area contributed by atoms with Gasteiger partial charge in [-0.25, -0.2) is 0 Å². The Bertz CT molecular complexity index is 1090. The lowest BCUT2D eigenvalue weighted by Gasteiger charge is -2.07. The lowest BCUT2D eigenvalue weighted by Crippen LogP contribution is -1.96. The zero-order valence-electron chi connectivity index (χ0n) is 14.7. The molecular formula is C22H15NO4S. The van der Waals surface area contributed by atoms with Crippen molar-refractivity contribution in [2.75, 3.05) is 0 Å². The fraction of sp³-hybridized carbons (Fsp3) is 0.0455. The van der Waals surface area contributed by atoms with Crippen molar-refractivity contribution in [2.45, 2.75) is 11.5 Å². The van der Waals surface area contributed by atoms with Gasteiger partial charge in [0.2, 0.25) is 5.78 Å². The Balaban J connectivity index is 1.46. The van der Waals surface area contributed by atoms with E-state index in [1.165, 1.54) is 23.9 Å². The minimum Gasteiger partial charge on any atom is -0.489 e. The fourth-order valence-electron chi connectivity index (χ4n) is 2.86. The van der Waals surface area contributed by atoms with E-state index < -0.39 is 4.92 Å². The van der Waals surface area contributed by atoms with E-state index in [4.69, 9.17) is 4.74 Å². The van der Waals surface area contributed by atoms with Crippen molar-refractivity contribution in [3.05, 3.63) is 105 Å². The number of carbonyl (C=O) groups is 1. The average molecular weight is 389 g/mol. The predicted molar refractivity (Wildman–Crippen MR) is 108 cm³/mol. The number of carbonyl (C=O) groups excluding carboxylic acids is 1. The van der Waals surface area contributed by atoms with Crippen LogP contribution in [-0.2, 0) is 6.61 Å². The van der Waals surface area contributed by atoms with Gasteiger partial charge in [-0.05, 0) is 53.6 Å². The molecule has 0 aromatic heterocycles. The van der Waals surface area contributed by atoms with E-state index >= 15 is 0 Å². The highest BCUT2D eigenvalue weighted by Gasteiger charge is 2.25. The van der Waals surface area contributed by atoms with Gasteiger partial charge in [0, 0.05) is 22.6 Å². The smallest absolute Gasteiger partial charge is 0.269 e. The van der Waals surface area contributed by atoms with E-state index in [0.29, 0.717) is 17.3 Å². The average Bonchev–Trinajstić information content (AvgIpc) is 3.03. The van der Waals surface area contributed by atoms with Crippen molar-refractivity contribution in [3.8, 4) is 5.75 Å². The van der Waals surface area contributed by atoms with Gasteiger partial charge in [-0.1, -0.05) is 36.0 Å². The molecule has 0 spiro atoms. The number of ether oxygens (including phenoxy) is 1. The molecule has 138 valence electrons. The molecule has 1 heterocycles. The molecule has 0 bridgehead atoms. The van der Waals surface area contributed by atoms with E-state index in [-0.39, 0.29) is 11.5 Å². The Morgan fingerprint density at radius 1 is 1.00 bits per heavy atom. The number of non-ortho nitro benzene ring substituents is 1. The van der Waals surface area contributed by atoms with Crippen LogP contribution in [0.25, 0.3) is 6.08 Å². The van der Waals surface area contributed by atoms with Crippen molar-refractivity contribution in [2.24, 2.45) is 0 Å². The highest BCUT2D eigenvalue weighted by molar-refractivity contribution is 8.04. The van der Waals surface area contributed by atoms with Crippen molar-refractivity contribution >= 4 is 29.3 Å². The van der Waals surface area contributed by atoms with Crippen LogP contribution >= 0.6 is 11.8 Å². The first-order valence-electron chi connectivity index (χ1n) is 8.59. The monoisotopic (exact) mass is 389 g/mol. The summed E-state index contributed by atoms with van der Waals surface area (Å²) < 4.78 is 5.80. The minimum absolute atomic E-state index is 0.0396. The predicted octanol–water partition coefficient (Wildman–Crippen LogP) is 5.50. The summed E-state index contributed by atoms with van der Waals surface area (Å²) in [5, 5.41) is 10.7. The van der Waals surface area contributed by atoms with E-state index in [1.807, 2.05) is 54.6 Å². The molecule has 28 heavy (non-hydrogen) atoms. The van der Waals surface area contributed by atoms with Crippen LogP contribution in [0.4, 0.5) is 5.69 Å². The van der Waals surface area contributed by atoms with Gasteiger partial charge in [0.05, 0.1) is 9.83 Å². The first kappa shape index (κ1) is 18.0. The zero-order chi connectivity index (χ0) is 19.5. The topological polar surface area (TPSA) is 69.4 Å². The summed E-state index contributed by atoms with van der Waals surface area (Å²) in [4.78, 5) is 24.4. The molecule has 0 aliphatic carbocycles. The SMILES string of the molecule is O=C1/C(=C/c2cccc(OCc3ccc([N+](=O)[O-])cc3)c2)Sc2ccccc21. The molecule has 0 N–H and O–H groups in total. The van der Waals surface area contributed by atoms with Crippen LogP contribution in [-0.4, -0.2) is 10.7 Å². The number of ketones is 1. The number of nitrogens with zero attached hydrogens (tertiary/aromatic N) is 1. The molecule has 0 radical (unpaired) electrons. The molecule has 1 aliphatic rings. The Hall–Kier alpha value is -3.38. The number of rotatable bonds is 5. The van der Waals surface area contributed by atoms with E-state index in [9.17, 15) is 14.9 Å².